The molecule has 7 nitrogen and oxygen atoms in total. The van der Waals surface area contributed by atoms with E-state index in [1.807, 2.05) is 0 Å². The van der Waals surface area contributed by atoms with Crippen LogP contribution in [0.25, 0.3) is 0 Å². The molecule has 0 spiro atoms. The van der Waals surface area contributed by atoms with Gasteiger partial charge in [-0.1, -0.05) is 18.1 Å². The van der Waals surface area contributed by atoms with Crippen LogP contribution in [0.3, 0.4) is 0 Å². The van der Waals surface area contributed by atoms with Crippen LogP contribution in [0.4, 0.5) is 0 Å². The van der Waals surface area contributed by atoms with Gasteiger partial charge in [0.1, 0.15) is 0 Å². The zero-order valence-corrected chi connectivity index (χ0v) is 13.1. The van der Waals surface area contributed by atoms with E-state index in [-0.39, 0.29) is 22.3 Å². The Labute approximate surface area is 120 Å². The van der Waals surface area contributed by atoms with Crippen LogP contribution in [0.1, 0.15) is 25.7 Å². The SMILES string of the molecule is Cn1nnc(Br)c1S(=O)(=O)N1CCCCCC1CO. The van der Waals surface area contributed by atoms with E-state index in [0.717, 1.165) is 19.3 Å². The zero-order valence-electron chi connectivity index (χ0n) is 10.7. The largest absolute Gasteiger partial charge is 0.395 e. The van der Waals surface area contributed by atoms with Gasteiger partial charge in [-0.3, -0.25) is 0 Å². The molecule has 0 aliphatic carbocycles. The number of aliphatic hydroxyl groups is 1. The summed E-state index contributed by atoms with van der Waals surface area (Å²) in [6, 6.07) is -0.366. The van der Waals surface area contributed by atoms with Crippen molar-refractivity contribution in [1.82, 2.24) is 19.3 Å². The summed E-state index contributed by atoms with van der Waals surface area (Å²) in [4.78, 5) is 0. The van der Waals surface area contributed by atoms with Crippen molar-refractivity contribution in [1.29, 1.82) is 0 Å². The molecule has 1 fully saturated rings. The van der Waals surface area contributed by atoms with Crippen LogP contribution in [0.5, 0.6) is 0 Å². The quantitative estimate of drug-likeness (QED) is 0.855. The molecule has 0 radical (unpaired) electrons. The highest BCUT2D eigenvalue weighted by atomic mass is 79.9. The van der Waals surface area contributed by atoms with Crippen molar-refractivity contribution in [2.24, 2.45) is 7.05 Å². The second-order valence-electron chi connectivity index (χ2n) is 4.61. The predicted octanol–water partition coefficient (Wildman–Crippen LogP) is 0.503. The van der Waals surface area contributed by atoms with Gasteiger partial charge in [-0.2, -0.15) is 4.31 Å². The second-order valence-corrected chi connectivity index (χ2v) is 7.17. The van der Waals surface area contributed by atoms with Gasteiger partial charge in [0.2, 0.25) is 5.03 Å². The first-order chi connectivity index (χ1) is 8.98. The van der Waals surface area contributed by atoms with Crippen molar-refractivity contribution in [3.63, 3.8) is 0 Å². The van der Waals surface area contributed by atoms with Crippen molar-refractivity contribution in [3.8, 4) is 0 Å². The molecule has 1 aliphatic rings. The molecular formula is C10H17BrN4O3S. The monoisotopic (exact) mass is 352 g/mol. The van der Waals surface area contributed by atoms with Crippen molar-refractivity contribution in [3.05, 3.63) is 4.60 Å². The third-order valence-corrected chi connectivity index (χ3v) is 6.17. The number of rotatable bonds is 3. The molecule has 1 aliphatic heterocycles. The average Bonchev–Trinajstić information content (AvgIpc) is 2.59. The number of aliphatic hydroxyl groups excluding tert-OH is 1. The summed E-state index contributed by atoms with van der Waals surface area (Å²) in [5.41, 5.74) is 0. The number of hydrogen-bond donors (Lipinski definition) is 1. The van der Waals surface area contributed by atoms with Gasteiger partial charge in [-0.15, -0.1) is 5.10 Å². The minimum atomic E-state index is -3.70. The van der Waals surface area contributed by atoms with E-state index < -0.39 is 10.0 Å². The molecular weight excluding hydrogens is 336 g/mol. The van der Waals surface area contributed by atoms with Gasteiger partial charge in [0.15, 0.2) is 4.60 Å². The molecule has 1 aromatic heterocycles. The average molecular weight is 353 g/mol. The smallest absolute Gasteiger partial charge is 0.263 e. The van der Waals surface area contributed by atoms with Crippen molar-refractivity contribution < 1.29 is 13.5 Å². The number of halogens is 1. The Hall–Kier alpha value is -0.510. The van der Waals surface area contributed by atoms with Gasteiger partial charge in [-0.05, 0) is 28.8 Å². The summed E-state index contributed by atoms with van der Waals surface area (Å²) >= 11 is 3.12. The fraction of sp³-hybridized carbons (Fsp3) is 0.800. The first kappa shape index (κ1) is 14.9. The topological polar surface area (TPSA) is 88.3 Å². The molecule has 0 bridgehead atoms. The summed E-state index contributed by atoms with van der Waals surface area (Å²) in [6.07, 6.45) is 3.40. The summed E-state index contributed by atoms with van der Waals surface area (Å²) < 4.78 is 28.2. The molecule has 9 heteroatoms. The third kappa shape index (κ3) is 2.83. The van der Waals surface area contributed by atoms with Crippen LogP contribution < -0.4 is 0 Å². The standard InChI is InChI=1S/C10H17BrN4O3S/c1-14-10(9(11)12-13-14)19(17,18)15-6-4-2-3-5-8(15)7-16/h8,16H,2-7H2,1H3. The lowest BCUT2D eigenvalue weighted by molar-refractivity contribution is 0.186. The number of sulfonamides is 1. The van der Waals surface area contributed by atoms with Crippen LogP contribution >= 0.6 is 15.9 Å². The fourth-order valence-electron chi connectivity index (χ4n) is 2.36. The van der Waals surface area contributed by atoms with Crippen LogP contribution in [0.15, 0.2) is 9.63 Å². The zero-order chi connectivity index (χ0) is 14.0. The van der Waals surface area contributed by atoms with Gasteiger partial charge < -0.3 is 5.11 Å². The molecule has 0 aromatic carbocycles. The summed E-state index contributed by atoms with van der Waals surface area (Å²) in [6.45, 7) is 0.257. The fourth-order valence-corrected chi connectivity index (χ4v) is 5.08. The Morgan fingerprint density at radius 2 is 2.16 bits per heavy atom. The number of nitrogens with zero attached hydrogens (tertiary/aromatic N) is 4. The summed E-state index contributed by atoms with van der Waals surface area (Å²) in [5, 5.41) is 16.9. The third-order valence-electron chi connectivity index (χ3n) is 3.32. The molecule has 108 valence electrons. The van der Waals surface area contributed by atoms with E-state index in [1.165, 1.54) is 16.0 Å². The molecule has 1 unspecified atom stereocenters. The molecule has 1 N–H and O–H groups in total. The first-order valence-electron chi connectivity index (χ1n) is 6.16. The van der Waals surface area contributed by atoms with Crippen molar-refractivity contribution >= 4 is 26.0 Å². The lowest BCUT2D eigenvalue weighted by atomic mass is 10.1. The maximum Gasteiger partial charge on any atom is 0.263 e. The normalized spacial score (nSPS) is 22.4. The van der Waals surface area contributed by atoms with E-state index in [2.05, 4.69) is 26.2 Å². The molecule has 2 heterocycles. The first-order valence-corrected chi connectivity index (χ1v) is 8.39. The molecule has 2 rings (SSSR count). The summed E-state index contributed by atoms with van der Waals surface area (Å²) in [7, 11) is -2.16. The highest BCUT2D eigenvalue weighted by Gasteiger charge is 2.36. The van der Waals surface area contributed by atoms with Crippen molar-refractivity contribution in [2.75, 3.05) is 13.2 Å². The van der Waals surface area contributed by atoms with E-state index in [9.17, 15) is 13.5 Å². The molecule has 19 heavy (non-hydrogen) atoms. The number of hydrogen-bond acceptors (Lipinski definition) is 5. The van der Waals surface area contributed by atoms with E-state index in [0.29, 0.717) is 13.0 Å². The van der Waals surface area contributed by atoms with Gasteiger partial charge in [0.25, 0.3) is 10.0 Å². The Kier molecular flexibility index (Phi) is 4.59. The van der Waals surface area contributed by atoms with Gasteiger partial charge in [-0.25, -0.2) is 13.1 Å². The maximum absolute atomic E-state index is 12.7. The Morgan fingerprint density at radius 3 is 2.74 bits per heavy atom. The molecule has 1 saturated heterocycles. The van der Waals surface area contributed by atoms with E-state index >= 15 is 0 Å². The molecule has 0 amide bonds. The van der Waals surface area contributed by atoms with Crippen LogP contribution in [-0.4, -0.2) is 52.0 Å². The minimum Gasteiger partial charge on any atom is -0.395 e. The number of aryl methyl sites for hydroxylation is 1. The maximum atomic E-state index is 12.7. The van der Waals surface area contributed by atoms with E-state index in [1.54, 1.807) is 0 Å². The predicted molar refractivity (Wildman–Crippen MR) is 71.9 cm³/mol. The van der Waals surface area contributed by atoms with Crippen LogP contribution in [0, 0.1) is 0 Å². The van der Waals surface area contributed by atoms with Gasteiger partial charge in [0, 0.05) is 19.6 Å². The van der Waals surface area contributed by atoms with Crippen LogP contribution in [-0.2, 0) is 17.1 Å². The Morgan fingerprint density at radius 1 is 1.42 bits per heavy atom. The Bertz CT molecular complexity index is 525. The van der Waals surface area contributed by atoms with Crippen molar-refractivity contribution in [2.45, 2.75) is 36.8 Å². The highest BCUT2D eigenvalue weighted by Crippen LogP contribution is 2.27. The second kappa shape index (κ2) is 5.86. The number of aromatic nitrogens is 3. The summed E-state index contributed by atoms with van der Waals surface area (Å²) in [5.74, 6) is 0. The van der Waals surface area contributed by atoms with Gasteiger partial charge in [0.05, 0.1) is 6.61 Å². The molecule has 1 aromatic rings. The van der Waals surface area contributed by atoms with Crippen LogP contribution in [0.2, 0.25) is 0 Å². The molecule has 0 saturated carbocycles. The lowest BCUT2D eigenvalue weighted by Gasteiger charge is -2.27. The minimum absolute atomic E-state index is 0.0350. The van der Waals surface area contributed by atoms with Gasteiger partial charge >= 0.3 is 0 Å². The lowest BCUT2D eigenvalue weighted by Crippen LogP contribution is -2.42. The highest BCUT2D eigenvalue weighted by molar-refractivity contribution is 9.10. The molecule has 1 atom stereocenters. The van der Waals surface area contributed by atoms with E-state index in [4.69, 9.17) is 0 Å². The Balaban J connectivity index is 2.42.